The molecule has 2 aromatic rings. The average molecular weight is 297 g/mol. The van der Waals surface area contributed by atoms with Gasteiger partial charge in [0.1, 0.15) is 0 Å². The van der Waals surface area contributed by atoms with Crippen molar-refractivity contribution < 1.29 is 4.79 Å². The fourth-order valence-electron chi connectivity index (χ4n) is 1.28. The number of benzene rings is 1. The van der Waals surface area contributed by atoms with Gasteiger partial charge in [-0.3, -0.25) is 4.79 Å². The summed E-state index contributed by atoms with van der Waals surface area (Å²) in [7, 11) is 0. The molecule has 1 heterocycles. The molecule has 3 nitrogen and oxygen atoms in total. The second-order valence-electron chi connectivity index (χ2n) is 3.31. The Bertz CT molecular complexity index is 551. The van der Waals surface area contributed by atoms with Crippen molar-refractivity contribution in [1.82, 2.24) is 4.98 Å². The number of rotatable bonds is 2. The summed E-state index contributed by atoms with van der Waals surface area (Å²) in [5, 5.41) is 0.887. The molecule has 0 fully saturated rings. The number of carbonyl (C=O) groups is 1. The normalized spacial score (nSPS) is 10.4. The Labute approximate surface area is 105 Å². The predicted molar refractivity (Wildman–Crippen MR) is 68.8 cm³/mol. The minimum absolute atomic E-state index is 0.0219. The molecule has 0 spiro atoms. The van der Waals surface area contributed by atoms with E-state index in [2.05, 4.69) is 20.9 Å². The van der Waals surface area contributed by atoms with Crippen molar-refractivity contribution in [3.05, 3.63) is 44.3 Å². The highest BCUT2D eigenvalue weighted by Gasteiger charge is 2.12. The van der Waals surface area contributed by atoms with Crippen molar-refractivity contribution in [2.45, 2.75) is 6.92 Å². The van der Waals surface area contributed by atoms with E-state index in [1.807, 2.05) is 6.92 Å². The van der Waals surface area contributed by atoms with Gasteiger partial charge in [-0.15, -0.1) is 11.3 Å². The molecule has 0 aliphatic heterocycles. The Kier molecular flexibility index (Phi) is 3.07. The van der Waals surface area contributed by atoms with Crippen LogP contribution < -0.4 is 5.73 Å². The van der Waals surface area contributed by atoms with Crippen LogP contribution in [0.5, 0.6) is 0 Å². The standard InChI is InChI=1S/C11H9BrN2OS/c1-6-14-5-10(16-6)11(15)7-2-3-9(13)8(12)4-7/h2-5H,13H2,1H3. The number of nitrogen functional groups attached to an aromatic ring is 1. The predicted octanol–water partition coefficient (Wildman–Crippen LogP) is 3.03. The van der Waals surface area contributed by atoms with Gasteiger partial charge in [0, 0.05) is 21.9 Å². The molecule has 0 atom stereocenters. The maximum atomic E-state index is 12.0. The maximum absolute atomic E-state index is 12.0. The van der Waals surface area contributed by atoms with Gasteiger partial charge in [0.25, 0.3) is 0 Å². The third-order valence-corrected chi connectivity index (χ3v) is 3.71. The zero-order chi connectivity index (χ0) is 11.7. The van der Waals surface area contributed by atoms with Crippen LogP contribution in [0.2, 0.25) is 0 Å². The number of anilines is 1. The maximum Gasteiger partial charge on any atom is 0.204 e. The number of nitrogens with zero attached hydrogens (tertiary/aromatic N) is 1. The van der Waals surface area contributed by atoms with Gasteiger partial charge in [-0.1, -0.05) is 0 Å². The van der Waals surface area contributed by atoms with Crippen LogP contribution in [0.3, 0.4) is 0 Å². The molecule has 2 rings (SSSR count). The van der Waals surface area contributed by atoms with Crippen molar-refractivity contribution >= 4 is 38.7 Å². The first-order valence-corrected chi connectivity index (χ1v) is 6.21. The summed E-state index contributed by atoms with van der Waals surface area (Å²) in [6, 6.07) is 5.16. The summed E-state index contributed by atoms with van der Waals surface area (Å²) in [6.07, 6.45) is 1.60. The number of halogens is 1. The summed E-state index contributed by atoms with van der Waals surface area (Å²) >= 11 is 4.70. The molecule has 2 N–H and O–H groups in total. The minimum Gasteiger partial charge on any atom is -0.398 e. The number of aryl methyl sites for hydroxylation is 1. The van der Waals surface area contributed by atoms with Crippen LogP contribution in [0.4, 0.5) is 5.69 Å². The number of hydrogen-bond acceptors (Lipinski definition) is 4. The molecule has 16 heavy (non-hydrogen) atoms. The number of aromatic nitrogens is 1. The Morgan fingerprint density at radius 3 is 2.81 bits per heavy atom. The molecular formula is C11H9BrN2OS. The highest BCUT2D eigenvalue weighted by Crippen LogP contribution is 2.23. The van der Waals surface area contributed by atoms with Crippen LogP contribution in [0, 0.1) is 6.92 Å². The first-order valence-electron chi connectivity index (χ1n) is 4.60. The van der Waals surface area contributed by atoms with Gasteiger partial charge in [0.15, 0.2) is 0 Å². The molecule has 0 aliphatic rings. The van der Waals surface area contributed by atoms with E-state index in [0.717, 1.165) is 9.48 Å². The molecule has 82 valence electrons. The largest absolute Gasteiger partial charge is 0.398 e. The minimum atomic E-state index is -0.0219. The highest BCUT2D eigenvalue weighted by atomic mass is 79.9. The van der Waals surface area contributed by atoms with Crippen LogP contribution in [-0.2, 0) is 0 Å². The molecular weight excluding hydrogens is 288 g/mol. The number of hydrogen-bond donors (Lipinski definition) is 1. The van der Waals surface area contributed by atoms with Crippen LogP contribution in [0.1, 0.15) is 20.2 Å². The molecule has 0 aliphatic carbocycles. The summed E-state index contributed by atoms with van der Waals surface area (Å²) in [5.74, 6) is -0.0219. The summed E-state index contributed by atoms with van der Waals surface area (Å²) < 4.78 is 0.736. The third-order valence-electron chi connectivity index (χ3n) is 2.11. The quantitative estimate of drug-likeness (QED) is 0.684. The molecule has 1 aromatic heterocycles. The lowest BCUT2D eigenvalue weighted by Crippen LogP contribution is -1.99. The topological polar surface area (TPSA) is 56.0 Å². The molecule has 5 heteroatoms. The van der Waals surface area contributed by atoms with Crippen molar-refractivity contribution in [3.8, 4) is 0 Å². The summed E-state index contributed by atoms with van der Waals surface area (Å²) in [4.78, 5) is 16.7. The first-order chi connectivity index (χ1) is 7.58. The number of nitrogens with two attached hydrogens (primary N) is 1. The van der Waals surface area contributed by atoms with E-state index < -0.39 is 0 Å². The van der Waals surface area contributed by atoms with Gasteiger partial charge in [0.2, 0.25) is 5.78 Å². The van der Waals surface area contributed by atoms with Gasteiger partial charge in [0.05, 0.1) is 9.88 Å². The molecule has 0 radical (unpaired) electrons. The summed E-state index contributed by atoms with van der Waals surface area (Å²) in [5.41, 5.74) is 6.90. The lowest BCUT2D eigenvalue weighted by Gasteiger charge is -2.01. The van der Waals surface area contributed by atoms with Gasteiger partial charge in [-0.05, 0) is 41.1 Å². The van der Waals surface area contributed by atoms with Crippen LogP contribution in [0.25, 0.3) is 0 Å². The second-order valence-corrected chi connectivity index (χ2v) is 5.40. The van der Waals surface area contributed by atoms with Crippen molar-refractivity contribution in [1.29, 1.82) is 0 Å². The monoisotopic (exact) mass is 296 g/mol. The van der Waals surface area contributed by atoms with E-state index in [9.17, 15) is 4.79 Å². The molecule has 0 amide bonds. The number of thiazole rings is 1. The highest BCUT2D eigenvalue weighted by molar-refractivity contribution is 9.10. The van der Waals surface area contributed by atoms with Crippen LogP contribution in [0.15, 0.2) is 28.9 Å². The van der Waals surface area contributed by atoms with E-state index in [1.165, 1.54) is 11.3 Å². The Hall–Kier alpha value is -1.20. The first kappa shape index (κ1) is 11.3. The fourth-order valence-corrected chi connectivity index (χ4v) is 2.40. The molecule has 0 saturated carbocycles. The van der Waals surface area contributed by atoms with E-state index in [-0.39, 0.29) is 5.78 Å². The zero-order valence-electron chi connectivity index (χ0n) is 8.53. The van der Waals surface area contributed by atoms with Crippen LogP contribution >= 0.6 is 27.3 Å². The zero-order valence-corrected chi connectivity index (χ0v) is 10.9. The van der Waals surface area contributed by atoms with E-state index in [4.69, 9.17) is 5.73 Å². The second kappa shape index (κ2) is 4.35. The molecule has 0 unspecified atom stereocenters. The smallest absolute Gasteiger partial charge is 0.204 e. The van der Waals surface area contributed by atoms with Crippen molar-refractivity contribution in [3.63, 3.8) is 0 Å². The van der Waals surface area contributed by atoms with Crippen LogP contribution in [-0.4, -0.2) is 10.8 Å². The fraction of sp³-hybridized carbons (Fsp3) is 0.0909. The van der Waals surface area contributed by atoms with Gasteiger partial charge in [-0.2, -0.15) is 0 Å². The molecule has 0 bridgehead atoms. The lowest BCUT2D eigenvalue weighted by molar-refractivity contribution is 0.104. The Morgan fingerprint density at radius 2 is 2.25 bits per heavy atom. The third kappa shape index (κ3) is 2.15. The average Bonchev–Trinajstić information content (AvgIpc) is 2.68. The van der Waals surface area contributed by atoms with Crippen molar-refractivity contribution in [2.24, 2.45) is 0 Å². The lowest BCUT2D eigenvalue weighted by atomic mass is 10.1. The van der Waals surface area contributed by atoms with Gasteiger partial charge < -0.3 is 5.73 Å². The molecule has 1 aromatic carbocycles. The number of ketones is 1. The summed E-state index contributed by atoms with van der Waals surface area (Å²) in [6.45, 7) is 1.88. The van der Waals surface area contributed by atoms with Gasteiger partial charge >= 0.3 is 0 Å². The Morgan fingerprint density at radius 1 is 1.50 bits per heavy atom. The Balaban J connectivity index is 2.38. The van der Waals surface area contributed by atoms with E-state index in [0.29, 0.717) is 16.1 Å². The van der Waals surface area contributed by atoms with E-state index >= 15 is 0 Å². The number of carbonyl (C=O) groups excluding carboxylic acids is 1. The SMILES string of the molecule is Cc1ncc(C(=O)c2ccc(N)c(Br)c2)s1. The van der Waals surface area contributed by atoms with E-state index in [1.54, 1.807) is 24.4 Å². The van der Waals surface area contributed by atoms with Crippen molar-refractivity contribution in [2.75, 3.05) is 5.73 Å². The van der Waals surface area contributed by atoms with Gasteiger partial charge in [-0.25, -0.2) is 4.98 Å². The molecule has 0 saturated heterocycles.